The molecule has 2 aromatic heterocycles. The first kappa shape index (κ1) is 16.4. The maximum Gasteiger partial charge on any atom is 0.332 e. The zero-order valence-corrected chi connectivity index (χ0v) is 14.9. The summed E-state index contributed by atoms with van der Waals surface area (Å²) < 4.78 is 2.43. The fourth-order valence-electron chi connectivity index (χ4n) is 3.77. The normalized spacial score (nSPS) is 16.7. The Bertz CT molecular complexity index is 1170. The summed E-state index contributed by atoms with van der Waals surface area (Å²) in [6.07, 6.45) is 2.48. The first-order chi connectivity index (χ1) is 12.4. The van der Waals surface area contributed by atoms with E-state index in [0.29, 0.717) is 35.0 Å². The van der Waals surface area contributed by atoms with E-state index >= 15 is 0 Å². The molecule has 1 atom stereocenters. The molecule has 0 unspecified atom stereocenters. The monoisotopic (exact) mass is 349 g/mol. The van der Waals surface area contributed by atoms with Crippen molar-refractivity contribution < 1.29 is 4.79 Å². The molecule has 3 aromatic rings. The second kappa shape index (κ2) is 5.76. The molecule has 0 fully saturated rings. The van der Waals surface area contributed by atoms with Crippen molar-refractivity contribution in [1.82, 2.24) is 14.1 Å². The number of ketones is 1. The summed E-state index contributed by atoms with van der Waals surface area (Å²) in [7, 11) is 3.04. The molecule has 1 aromatic carbocycles. The molecule has 26 heavy (non-hydrogen) atoms. The number of aromatic nitrogens is 3. The second-order valence-electron chi connectivity index (χ2n) is 6.99. The second-order valence-corrected chi connectivity index (χ2v) is 6.99. The number of carbonyl (C=O) groups is 1. The van der Waals surface area contributed by atoms with E-state index < -0.39 is 11.2 Å². The van der Waals surface area contributed by atoms with Crippen LogP contribution in [0.5, 0.6) is 0 Å². The van der Waals surface area contributed by atoms with Crippen LogP contribution >= 0.6 is 0 Å². The maximum atomic E-state index is 12.8. The number of hydrogen-bond acceptors (Lipinski definition) is 4. The summed E-state index contributed by atoms with van der Waals surface area (Å²) in [4.78, 5) is 41.9. The van der Waals surface area contributed by atoms with Crippen LogP contribution in [0, 0.1) is 6.92 Å². The van der Waals surface area contributed by atoms with Gasteiger partial charge in [-0.2, -0.15) is 0 Å². The molecular formula is C20H19N3O3. The molecular weight excluding hydrogens is 330 g/mol. The average molecular weight is 349 g/mol. The van der Waals surface area contributed by atoms with Crippen LogP contribution in [0.4, 0.5) is 0 Å². The number of carbonyl (C=O) groups excluding carboxylic acids is 1. The third kappa shape index (κ3) is 2.33. The Morgan fingerprint density at radius 2 is 1.69 bits per heavy atom. The molecule has 0 radical (unpaired) electrons. The molecule has 0 saturated carbocycles. The highest BCUT2D eigenvalue weighted by Gasteiger charge is 2.30. The fourth-order valence-corrected chi connectivity index (χ4v) is 3.77. The predicted octanol–water partition coefficient (Wildman–Crippen LogP) is 1.85. The summed E-state index contributed by atoms with van der Waals surface area (Å²) in [5.74, 6) is 0.00488. The van der Waals surface area contributed by atoms with E-state index in [0.717, 1.165) is 15.7 Å². The Kier molecular flexibility index (Phi) is 3.64. The van der Waals surface area contributed by atoms with Gasteiger partial charge in [-0.1, -0.05) is 29.8 Å². The van der Waals surface area contributed by atoms with Crippen molar-refractivity contribution in [2.45, 2.75) is 25.7 Å². The Balaban J connectivity index is 1.97. The fraction of sp³-hybridized carbons (Fsp3) is 0.300. The van der Waals surface area contributed by atoms with Crippen LogP contribution in [-0.4, -0.2) is 19.9 Å². The van der Waals surface area contributed by atoms with Gasteiger partial charge in [0.25, 0.3) is 5.56 Å². The van der Waals surface area contributed by atoms with Crippen LogP contribution < -0.4 is 11.2 Å². The number of aryl methyl sites for hydroxylation is 2. The highest BCUT2D eigenvalue weighted by molar-refractivity contribution is 6.02. The van der Waals surface area contributed by atoms with Crippen molar-refractivity contribution in [3.05, 3.63) is 73.6 Å². The van der Waals surface area contributed by atoms with E-state index in [-0.39, 0.29) is 11.7 Å². The minimum atomic E-state index is -0.424. The molecule has 0 amide bonds. The zero-order chi connectivity index (χ0) is 18.6. The van der Waals surface area contributed by atoms with Crippen molar-refractivity contribution in [3.8, 4) is 0 Å². The molecule has 6 nitrogen and oxygen atoms in total. The van der Waals surface area contributed by atoms with Gasteiger partial charge in [0.15, 0.2) is 5.78 Å². The average Bonchev–Trinajstić information content (AvgIpc) is 2.64. The Labute approximate surface area is 149 Å². The number of rotatable bonds is 1. The summed E-state index contributed by atoms with van der Waals surface area (Å²) in [6, 6.07) is 8.14. The van der Waals surface area contributed by atoms with Gasteiger partial charge in [-0.15, -0.1) is 0 Å². The molecule has 0 saturated heterocycles. The van der Waals surface area contributed by atoms with Gasteiger partial charge in [0, 0.05) is 32.3 Å². The van der Waals surface area contributed by atoms with E-state index in [4.69, 9.17) is 0 Å². The van der Waals surface area contributed by atoms with Crippen LogP contribution in [-0.2, 0) is 20.5 Å². The van der Waals surface area contributed by atoms with E-state index in [9.17, 15) is 14.4 Å². The molecule has 132 valence electrons. The van der Waals surface area contributed by atoms with Crippen molar-refractivity contribution in [2.75, 3.05) is 0 Å². The van der Waals surface area contributed by atoms with E-state index in [1.54, 1.807) is 7.05 Å². The lowest BCUT2D eigenvalue weighted by atomic mass is 9.79. The van der Waals surface area contributed by atoms with Crippen LogP contribution in [0.2, 0.25) is 0 Å². The molecule has 0 spiro atoms. The van der Waals surface area contributed by atoms with Crippen LogP contribution in [0.3, 0.4) is 0 Å². The number of Topliss-reactive ketones (excluding diaryl/α,β-unsaturated/α-hetero) is 1. The van der Waals surface area contributed by atoms with Crippen LogP contribution in [0.25, 0.3) is 11.0 Å². The summed E-state index contributed by atoms with van der Waals surface area (Å²) in [5.41, 5.74) is 2.95. The number of fused-ring (bicyclic) bond motifs is 3. The first-order valence-electron chi connectivity index (χ1n) is 8.56. The summed E-state index contributed by atoms with van der Waals surface area (Å²) >= 11 is 0. The molecule has 0 aliphatic heterocycles. The zero-order valence-electron chi connectivity index (χ0n) is 14.9. The molecule has 0 bridgehead atoms. The highest BCUT2D eigenvalue weighted by Crippen LogP contribution is 2.34. The lowest BCUT2D eigenvalue weighted by molar-refractivity contribution is 0.0964. The van der Waals surface area contributed by atoms with Gasteiger partial charge in [-0.25, -0.2) is 9.78 Å². The Hall–Kier alpha value is -3.02. The van der Waals surface area contributed by atoms with Crippen LogP contribution in [0.1, 0.15) is 39.4 Å². The molecule has 6 heteroatoms. The largest absolute Gasteiger partial charge is 0.332 e. The molecule has 1 aliphatic rings. The lowest BCUT2D eigenvalue weighted by Crippen LogP contribution is -2.38. The standard InChI is InChI=1S/C20H19N3O3/c1-11-4-6-12(7-5-11)13-8-14-15(16(24)9-13)10-21-18-17(14)19(25)23(3)20(26)22(18)2/h4-7,10,13H,8-9H2,1-3H3/t13-/m1/s1. The van der Waals surface area contributed by atoms with Gasteiger partial charge in [0.05, 0.1) is 5.39 Å². The molecule has 0 N–H and O–H groups in total. The predicted molar refractivity (Wildman–Crippen MR) is 98.8 cm³/mol. The minimum Gasteiger partial charge on any atom is -0.294 e. The van der Waals surface area contributed by atoms with Crippen molar-refractivity contribution in [3.63, 3.8) is 0 Å². The van der Waals surface area contributed by atoms with Gasteiger partial charge in [0.2, 0.25) is 0 Å². The smallest absolute Gasteiger partial charge is 0.294 e. The third-order valence-electron chi connectivity index (χ3n) is 5.31. The van der Waals surface area contributed by atoms with Gasteiger partial charge >= 0.3 is 5.69 Å². The summed E-state index contributed by atoms with van der Waals surface area (Å²) in [5, 5.41) is 0.372. The van der Waals surface area contributed by atoms with Crippen LogP contribution in [0.15, 0.2) is 40.1 Å². The topological polar surface area (TPSA) is 74.0 Å². The van der Waals surface area contributed by atoms with Crippen molar-refractivity contribution >= 4 is 16.8 Å². The van der Waals surface area contributed by atoms with E-state index in [1.807, 2.05) is 31.2 Å². The van der Waals surface area contributed by atoms with E-state index in [2.05, 4.69) is 4.98 Å². The number of benzene rings is 1. The maximum absolute atomic E-state index is 12.8. The van der Waals surface area contributed by atoms with Gasteiger partial charge < -0.3 is 0 Å². The minimum absolute atomic E-state index is 0.0119. The first-order valence-corrected chi connectivity index (χ1v) is 8.56. The van der Waals surface area contributed by atoms with E-state index in [1.165, 1.54) is 17.8 Å². The Morgan fingerprint density at radius 3 is 2.38 bits per heavy atom. The molecule has 2 heterocycles. The lowest BCUT2D eigenvalue weighted by Gasteiger charge is -2.25. The van der Waals surface area contributed by atoms with Gasteiger partial charge in [-0.05, 0) is 30.4 Å². The highest BCUT2D eigenvalue weighted by atomic mass is 16.2. The molecule has 4 rings (SSSR count). The summed E-state index contributed by atoms with van der Waals surface area (Å²) in [6.45, 7) is 2.02. The third-order valence-corrected chi connectivity index (χ3v) is 5.31. The number of hydrogen-bond donors (Lipinski definition) is 0. The van der Waals surface area contributed by atoms with Gasteiger partial charge in [0.1, 0.15) is 5.65 Å². The quantitative estimate of drug-likeness (QED) is 0.672. The molecule has 1 aliphatic carbocycles. The number of pyridine rings is 1. The van der Waals surface area contributed by atoms with Gasteiger partial charge in [-0.3, -0.25) is 18.7 Å². The Morgan fingerprint density at radius 1 is 1.00 bits per heavy atom. The van der Waals surface area contributed by atoms with Crippen molar-refractivity contribution in [2.24, 2.45) is 14.1 Å². The van der Waals surface area contributed by atoms with Crippen molar-refractivity contribution in [1.29, 1.82) is 0 Å². The number of nitrogens with zero attached hydrogens (tertiary/aromatic N) is 3. The SMILES string of the molecule is Cc1ccc([C@H]2CC(=O)c3cnc4c(c3C2)c(=O)n(C)c(=O)n4C)cc1.